The molecule has 18 heavy (non-hydrogen) atoms. The number of nitrogens with zero attached hydrogens (tertiary/aromatic N) is 2. The van der Waals surface area contributed by atoms with Crippen LogP contribution < -0.4 is 5.32 Å². The van der Waals surface area contributed by atoms with E-state index in [1.54, 1.807) is 0 Å². The number of hydrogen-bond donors (Lipinski definition) is 1. The van der Waals surface area contributed by atoms with Gasteiger partial charge in [0.15, 0.2) is 5.82 Å². The number of anilines is 1. The molecule has 0 spiro atoms. The second kappa shape index (κ2) is 5.82. The van der Waals surface area contributed by atoms with Crippen LogP contribution >= 0.6 is 11.8 Å². The quantitative estimate of drug-likeness (QED) is 0.857. The minimum atomic E-state index is -0.398. The van der Waals surface area contributed by atoms with E-state index in [-0.39, 0.29) is 0 Å². The van der Waals surface area contributed by atoms with Crippen LogP contribution in [0.3, 0.4) is 0 Å². The van der Waals surface area contributed by atoms with Crippen molar-refractivity contribution in [1.82, 2.24) is 9.97 Å². The molecular formula is C13H14FN3S. The van der Waals surface area contributed by atoms with Gasteiger partial charge in [0.25, 0.3) is 0 Å². The lowest BCUT2D eigenvalue weighted by molar-refractivity contribution is 0.580. The number of halogens is 1. The first kappa shape index (κ1) is 12.8. The molecule has 5 heteroatoms. The summed E-state index contributed by atoms with van der Waals surface area (Å²) in [5.74, 6) is 0.0555. The van der Waals surface area contributed by atoms with Crippen LogP contribution in [0.1, 0.15) is 12.5 Å². The molecule has 0 unspecified atom stereocenters. The zero-order valence-corrected chi connectivity index (χ0v) is 11.1. The molecule has 0 aliphatic rings. The Morgan fingerprint density at radius 2 is 2.11 bits per heavy atom. The highest BCUT2D eigenvalue weighted by Gasteiger charge is 2.09. The third kappa shape index (κ3) is 2.98. The molecule has 0 radical (unpaired) electrons. The fourth-order valence-electron chi connectivity index (χ4n) is 1.44. The molecule has 1 aromatic carbocycles. The van der Waals surface area contributed by atoms with Crippen LogP contribution in [-0.2, 0) is 0 Å². The molecule has 0 atom stereocenters. The maximum Gasteiger partial charge on any atom is 0.223 e. The maximum absolute atomic E-state index is 13.7. The van der Waals surface area contributed by atoms with E-state index in [1.165, 1.54) is 18.0 Å². The number of nitrogens with one attached hydrogen (secondary N) is 1. The summed E-state index contributed by atoms with van der Waals surface area (Å²) in [6.07, 6.45) is 1.20. The summed E-state index contributed by atoms with van der Waals surface area (Å²) in [6.45, 7) is 4.65. The van der Waals surface area contributed by atoms with E-state index in [4.69, 9.17) is 0 Å². The maximum atomic E-state index is 13.7. The van der Waals surface area contributed by atoms with Crippen molar-refractivity contribution in [2.45, 2.75) is 23.8 Å². The Bertz CT molecular complexity index is 546. The van der Waals surface area contributed by atoms with E-state index in [2.05, 4.69) is 15.3 Å². The molecule has 2 rings (SSSR count). The van der Waals surface area contributed by atoms with Crippen LogP contribution in [0.4, 0.5) is 10.3 Å². The zero-order valence-electron chi connectivity index (χ0n) is 10.3. The summed E-state index contributed by atoms with van der Waals surface area (Å²) >= 11 is 1.31. The Hall–Kier alpha value is -1.62. The van der Waals surface area contributed by atoms with Gasteiger partial charge in [-0.3, -0.25) is 0 Å². The third-order valence-electron chi connectivity index (χ3n) is 2.35. The highest BCUT2D eigenvalue weighted by molar-refractivity contribution is 7.99. The van der Waals surface area contributed by atoms with Crippen LogP contribution in [-0.4, -0.2) is 16.5 Å². The van der Waals surface area contributed by atoms with Crippen molar-refractivity contribution >= 4 is 17.7 Å². The van der Waals surface area contributed by atoms with Crippen LogP contribution in [0.2, 0.25) is 0 Å². The molecule has 1 N–H and O–H groups in total. The molecule has 2 aromatic rings. The normalized spacial score (nSPS) is 10.4. The second-order valence-corrected chi connectivity index (χ2v) is 4.78. The molecule has 0 saturated carbocycles. The van der Waals surface area contributed by atoms with E-state index in [9.17, 15) is 4.39 Å². The molecule has 0 aliphatic heterocycles. The van der Waals surface area contributed by atoms with Crippen LogP contribution in [0.5, 0.6) is 0 Å². The summed E-state index contributed by atoms with van der Waals surface area (Å²) in [4.78, 5) is 9.04. The first-order valence-electron chi connectivity index (χ1n) is 5.70. The molecule has 0 bridgehead atoms. The van der Waals surface area contributed by atoms with Crippen LogP contribution in [0.15, 0.2) is 40.4 Å². The van der Waals surface area contributed by atoms with Crippen molar-refractivity contribution in [2.75, 3.05) is 11.9 Å². The fraction of sp³-hybridized carbons (Fsp3) is 0.231. The molecular weight excluding hydrogens is 249 g/mol. The third-order valence-corrected chi connectivity index (χ3v) is 3.50. The van der Waals surface area contributed by atoms with Gasteiger partial charge in [0.05, 0.1) is 6.20 Å². The van der Waals surface area contributed by atoms with Crippen molar-refractivity contribution < 1.29 is 4.39 Å². The van der Waals surface area contributed by atoms with E-state index in [0.717, 1.165) is 10.5 Å². The molecule has 0 fully saturated rings. The molecule has 0 saturated heterocycles. The standard InChI is InChI=1S/C13H14FN3S/c1-3-15-13-16-8-10(14)12(17-13)18-11-7-5-4-6-9(11)2/h4-8H,3H2,1-2H3,(H,15,16,17). The summed E-state index contributed by atoms with van der Waals surface area (Å²) in [5, 5.41) is 3.32. The van der Waals surface area contributed by atoms with E-state index in [1.807, 2.05) is 38.1 Å². The van der Waals surface area contributed by atoms with Crippen molar-refractivity contribution in [1.29, 1.82) is 0 Å². The highest BCUT2D eigenvalue weighted by atomic mass is 32.2. The topological polar surface area (TPSA) is 37.8 Å². The smallest absolute Gasteiger partial charge is 0.223 e. The predicted molar refractivity (Wildman–Crippen MR) is 71.5 cm³/mol. The predicted octanol–water partition coefficient (Wildman–Crippen LogP) is 3.51. The number of hydrogen-bond acceptors (Lipinski definition) is 4. The summed E-state index contributed by atoms with van der Waals surface area (Å²) in [7, 11) is 0. The van der Waals surface area contributed by atoms with Gasteiger partial charge in [-0.15, -0.1) is 0 Å². The van der Waals surface area contributed by atoms with E-state index in [0.29, 0.717) is 17.5 Å². The van der Waals surface area contributed by atoms with Crippen molar-refractivity contribution in [2.24, 2.45) is 0 Å². The SMILES string of the molecule is CCNc1ncc(F)c(Sc2ccccc2C)n1. The number of aromatic nitrogens is 2. The number of benzene rings is 1. The monoisotopic (exact) mass is 263 g/mol. The van der Waals surface area contributed by atoms with E-state index >= 15 is 0 Å². The van der Waals surface area contributed by atoms with Crippen LogP contribution in [0, 0.1) is 12.7 Å². The van der Waals surface area contributed by atoms with Gasteiger partial charge in [0, 0.05) is 11.4 Å². The van der Waals surface area contributed by atoms with Gasteiger partial charge >= 0.3 is 0 Å². The Labute approximate surface area is 110 Å². The van der Waals surface area contributed by atoms with Crippen molar-refractivity contribution in [3.8, 4) is 0 Å². The van der Waals surface area contributed by atoms with Crippen molar-refractivity contribution in [3.63, 3.8) is 0 Å². The Balaban J connectivity index is 2.28. The molecule has 3 nitrogen and oxygen atoms in total. The average Bonchev–Trinajstić information content (AvgIpc) is 2.36. The fourth-order valence-corrected chi connectivity index (χ4v) is 2.31. The van der Waals surface area contributed by atoms with Gasteiger partial charge in [-0.2, -0.15) is 0 Å². The summed E-state index contributed by atoms with van der Waals surface area (Å²) in [6, 6.07) is 7.83. The summed E-state index contributed by atoms with van der Waals surface area (Å²) < 4.78 is 13.7. The van der Waals surface area contributed by atoms with Crippen LogP contribution in [0.25, 0.3) is 0 Å². The summed E-state index contributed by atoms with van der Waals surface area (Å²) in [5.41, 5.74) is 1.10. The minimum absolute atomic E-state index is 0.343. The van der Waals surface area contributed by atoms with Gasteiger partial charge < -0.3 is 5.32 Å². The molecule has 94 valence electrons. The Kier molecular flexibility index (Phi) is 4.15. The molecule has 1 aromatic heterocycles. The molecule has 0 amide bonds. The lowest BCUT2D eigenvalue weighted by atomic mass is 10.2. The highest BCUT2D eigenvalue weighted by Crippen LogP contribution is 2.30. The van der Waals surface area contributed by atoms with Gasteiger partial charge in [-0.25, -0.2) is 14.4 Å². The second-order valence-electron chi connectivity index (χ2n) is 3.74. The van der Waals surface area contributed by atoms with E-state index < -0.39 is 5.82 Å². The number of aryl methyl sites for hydroxylation is 1. The molecule has 0 aliphatic carbocycles. The van der Waals surface area contributed by atoms with Gasteiger partial charge in [0.1, 0.15) is 5.03 Å². The number of rotatable bonds is 4. The Morgan fingerprint density at radius 3 is 2.83 bits per heavy atom. The lowest BCUT2D eigenvalue weighted by Gasteiger charge is -2.07. The minimum Gasteiger partial charge on any atom is -0.354 e. The Morgan fingerprint density at radius 1 is 1.33 bits per heavy atom. The zero-order chi connectivity index (χ0) is 13.0. The van der Waals surface area contributed by atoms with Gasteiger partial charge in [-0.05, 0) is 25.5 Å². The first-order chi connectivity index (χ1) is 8.70. The van der Waals surface area contributed by atoms with Gasteiger partial charge in [0.2, 0.25) is 5.95 Å². The largest absolute Gasteiger partial charge is 0.354 e. The average molecular weight is 263 g/mol. The van der Waals surface area contributed by atoms with Gasteiger partial charge in [-0.1, -0.05) is 30.0 Å². The lowest BCUT2D eigenvalue weighted by Crippen LogP contribution is -2.03. The van der Waals surface area contributed by atoms with Crippen molar-refractivity contribution in [3.05, 3.63) is 41.8 Å². The molecule has 1 heterocycles. The first-order valence-corrected chi connectivity index (χ1v) is 6.52.